The predicted molar refractivity (Wildman–Crippen MR) is 84.6 cm³/mol. The molecule has 3 rings (SSSR count). The summed E-state index contributed by atoms with van der Waals surface area (Å²) in [5, 5.41) is 1.17. The zero-order valence-corrected chi connectivity index (χ0v) is 13.3. The second-order valence-electron chi connectivity index (χ2n) is 5.71. The second kappa shape index (κ2) is 5.60. The first-order valence-electron chi connectivity index (χ1n) is 7.15. The van der Waals surface area contributed by atoms with Crippen molar-refractivity contribution in [2.75, 3.05) is 13.1 Å². The van der Waals surface area contributed by atoms with Crippen LogP contribution in [0.3, 0.4) is 0 Å². The van der Waals surface area contributed by atoms with Crippen LogP contribution in [0.1, 0.15) is 19.8 Å². The molecule has 0 atom stereocenters. The van der Waals surface area contributed by atoms with Gasteiger partial charge in [-0.05, 0) is 43.0 Å². The first-order valence-corrected chi connectivity index (χ1v) is 7.95. The maximum absolute atomic E-state index is 12.4. The molecule has 1 fully saturated rings. The second-order valence-corrected chi connectivity index (χ2v) is 6.63. The first-order chi connectivity index (χ1) is 9.63. The molecule has 2 heterocycles. The van der Waals surface area contributed by atoms with Gasteiger partial charge in [0.1, 0.15) is 6.54 Å². The number of likely N-dealkylation sites (tertiary alicyclic amines) is 1. The lowest BCUT2D eigenvalue weighted by atomic mass is 9.99. The summed E-state index contributed by atoms with van der Waals surface area (Å²) in [5.41, 5.74) is 1.12. The van der Waals surface area contributed by atoms with E-state index in [4.69, 9.17) is 0 Å². The van der Waals surface area contributed by atoms with E-state index >= 15 is 0 Å². The van der Waals surface area contributed by atoms with Gasteiger partial charge in [0.2, 0.25) is 5.91 Å². The number of hydrogen-bond acceptors (Lipinski definition) is 1. The van der Waals surface area contributed by atoms with Gasteiger partial charge in [-0.25, -0.2) is 0 Å². The van der Waals surface area contributed by atoms with Crippen molar-refractivity contribution in [3.8, 4) is 0 Å². The van der Waals surface area contributed by atoms with E-state index in [2.05, 4.69) is 41.1 Å². The fourth-order valence-corrected chi connectivity index (χ4v) is 3.19. The number of nitrogens with zero attached hydrogens (tertiary/aromatic N) is 2. The fourth-order valence-electron chi connectivity index (χ4n) is 2.81. The number of piperidine rings is 1. The Hall–Kier alpha value is -1.29. The number of fused-ring (bicyclic) bond motifs is 1. The number of rotatable bonds is 2. The molecule has 1 aromatic heterocycles. The molecule has 0 unspecified atom stereocenters. The zero-order valence-electron chi connectivity index (χ0n) is 11.7. The van der Waals surface area contributed by atoms with Crippen LogP contribution in [0.25, 0.3) is 10.9 Å². The van der Waals surface area contributed by atoms with Crippen molar-refractivity contribution in [3.05, 3.63) is 34.9 Å². The van der Waals surface area contributed by atoms with Gasteiger partial charge >= 0.3 is 0 Å². The minimum atomic E-state index is 0.234. The predicted octanol–water partition coefficient (Wildman–Crippen LogP) is 3.66. The number of halogens is 1. The molecule has 1 saturated heterocycles. The highest BCUT2D eigenvalue weighted by Crippen LogP contribution is 2.21. The average Bonchev–Trinajstić information content (AvgIpc) is 2.81. The lowest BCUT2D eigenvalue weighted by Crippen LogP contribution is -2.39. The van der Waals surface area contributed by atoms with E-state index in [9.17, 15) is 4.79 Å². The number of hydrogen-bond donors (Lipinski definition) is 0. The summed E-state index contributed by atoms with van der Waals surface area (Å²) in [4.78, 5) is 14.4. The third-order valence-corrected chi connectivity index (χ3v) is 4.67. The van der Waals surface area contributed by atoms with E-state index in [0.717, 1.165) is 41.8 Å². The highest BCUT2D eigenvalue weighted by atomic mass is 79.9. The van der Waals surface area contributed by atoms with Crippen molar-refractivity contribution in [1.29, 1.82) is 0 Å². The summed E-state index contributed by atoms with van der Waals surface area (Å²) in [6, 6.07) is 8.22. The van der Waals surface area contributed by atoms with Crippen LogP contribution in [0.15, 0.2) is 34.9 Å². The number of aromatic nitrogens is 1. The fraction of sp³-hybridized carbons (Fsp3) is 0.438. The molecule has 1 aliphatic heterocycles. The van der Waals surface area contributed by atoms with Gasteiger partial charge in [0.25, 0.3) is 0 Å². The van der Waals surface area contributed by atoms with Crippen molar-refractivity contribution >= 4 is 32.7 Å². The van der Waals surface area contributed by atoms with Gasteiger partial charge < -0.3 is 9.47 Å². The highest BCUT2D eigenvalue weighted by molar-refractivity contribution is 9.10. The molecule has 4 heteroatoms. The van der Waals surface area contributed by atoms with Gasteiger partial charge in [-0.3, -0.25) is 4.79 Å². The van der Waals surface area contributed by atoms with Crippen molar-refractivity contribution < 1.29 is 4.79 Å². The van der Waals surface area contributed by atoms with Crippen LogP contribution < -0.4 is 0 Å². The maximum Gasteiger partial charge on any atom is 0.242 e. The molecule has 3 nitrogen and oxygen atoms in total. The SMILES string of the molecule is CC1CCN(C(=O)Cn2ccc3cc(Br)ccc32)CC1. The molecule has 0 spiro atoms. The van der Waals surface area contributed by atoms with E-state index < -0.39 is 0 Å². The lowest BCUT2D eigenvalue weighted by molar-refractivity contribution is -0.133. The van der Waals surface area contributed by atoms with E-state index in [0.29, 0.717) is 6.54 Å². The Balaban J connectivity index is 1.74. The molecule has 20 heavy (non-hydrogen) atoms. The molecule has 1 aliphatic rings. The number of amides is 1. The summed E-state index contributed by atoms with van der Waals surface area (Å²) in [6.45, 7) is 4.52. The van der Waals surface area contributed by atoms with Crippen LogP contribution in [0.5, 0.6) is 0 Å². The van der Waals surface area contributed by atoms with E-state index in [1.165, 1.54) is 5.39 Å². The van der Waals surface area contributed by atoms with Crippen molar-refractivity contribution in [2.45, 2.75) is 26.3 Å². The molecule has 0 bridgehead atoms. The van der Waals surface area contributed by atoms with Crippen molar-refractivity contribution in [3.63, 3.8) is 0 Å². The van der Waals surface area contributed by atoms with Gasteiger partial charge in [0.05, 0.1) is 0 Å². The van der Waals surface area contributed by atoms with E-state index in [1.807, 2.05) is 21.7 Å². The lowest BCUT2D eigenvalue weighted by Gasteiger charge is -2.30. The Morgan fingerprint density at radius 3 is 2.80 bits per heavy atom. The molecule has 0 saturated carbocycles. The zero-order chi connectivity index (χ0) is 14.1. The standard InChI is InChI=1S/C16H19BrN2O/c1-12-4-7-18(8-5-12)16(20)11-19-9-6-13-10-14(17)2-3-15(13)19/h2-3,6,9-10,12H,4-5,7-8,11H2,1H3. The summed E-state index contributed by atoms with van der Waals surface area (Å²) in [6.07, 6.45) is 4.26. The summed E-state index contributed by atoms with van der Waals surface area (Å²) in [7, 11) is 0. The number of benzene rings is 1. The van der Waals surface area contributed by atoms with E-state index in [1.54, 1.807) is 0 Å². The van der Waals surface area contributed by atoms with Gasteiger partial charge in [0, 0.05) is 34.7 Å². The Labute approximate surface area is 127 Å². The Morgan fingerprint density at radius 2 is 2.05 bits per heavy atom. The maximum atomic E-state index is 12.4. The summed E-state index contributed by atoms with van der Waals surface area (Å²) < 4.78 is 3.11. The van der Waals surface area contributed by atoms with Gasteiger partial charge in [-0.15, -0.1) is 0 Å². The number of carbonyl (C=O) groups is 1. The van der Waals surface area contributed by atoms with Crippen LogP contribution in [-0.2, 0) is 11.3 Å². The summed E-state index contributed by atoms with van der Waals surface area (Å²) >= 11 is 3.48. The Bertz CT molecular complexity index is 626. The molecule has 0 aliphatic carbocycles. The smallest absolute Gasteiger partial charge is 0.242 e. The van der Waals surface area contributed by atoms with Gasteiger partial charge in [-0.2, -0.15) is 0 Å². The summed E-state index contributed by atoms with van der Waals surface area (Å²) in [5.74, 6) is 0.987. The van der Waals surface area contributed by atoms with Crippen LogP contribution in [0, 0.1) is 5.92 Å². The molecular formula is C16H19BrN2O. The third kappa shape index (κ3) is 2.75. The topological polar surface area (TPSA) is 25.2 Å². The quantitative estimate of drug-likeness (QED) is 0.822. The highest BCUT2D eigenvalue weighted by Gasteiger charge is 2.20. The van der Waals surface area contributed by atoms with Crippen LogP contribution >= 0.6 is 15.9 Å². The third-order valence-electron chi connectivity index (χ3n) is 4.17. The molecular weight excluding hydrogens is 316 g/mol. The molecule has 2 aromatic rings. The normalized spacial score (nSPS) is 16.8. The van der Waals surface area contributed by atoms with Crippen LogP contribution in [0.2, 0.25) is 0 Å². The Kier molecular flexibility index (Phi) is 3.83. The molecule has 0 radical (unpaired) electrons. The monoisotopic (exact) mass is 334 g/mol. The molecule has 0 N–H and O–H groups in total. The number of carbonyl (C=O) groups excluding carboxylic acids is 1. The molecule has 106 valence electrons. The van der Waals surface area contributed by atoms with E-state index in [-0.39, 0.29) is 5.91 Å². The minimum Gasteiger partial charge on any atom is -0.341 e. The first kappa shape index (κ1) is 13.7. The Morgan fingerprint density at radius 1 is 1.30 bits per heavy atom. The van der Waals surface area contributed by atoms with Gasteiger partial charge in [-0.1, -0.05) is 22.9 Å². The minimum absolute atomic E-state index is 0.234. The van der Waals surface area contributed by atoms with Crippen molar-refractivity contribution in [1.82, 2.24) is 9.47 Å². The molecule has 1 aromatic carbocycles. The average molecular weight is 335 g/mol. The van der Waals surface area contributed by atoms with Crippen LogP contribution in [-0.4, -0.2) is 28.5 Å². The largest absolute Gasteiger partial charge is 0.341 e. The van der Waals surface area contributed by atoms with Crippen molar-refractivity contribution in [2.24, 2.45) is 5.92 Å². The van der Waals surface area contributed by atoms with Gasteiger partial charge in [0.15, 0.2) is 0 Å². The molecule has 1 amide bonds. The van der Waals surface area contributed by atoms with Crippen LogP contribution in [0.4, 0.5) is 0 Å².